The lowest BCUT2D eigenvalue weighted by Crippen LogP contribution is -2.14. The van der Waals surface area contributed by atoms with Crippen LogP contribution in [-0.4, -0.2) is 29.1 Å². The summed E-state index contributed by atoms with van der Waals surface area (Å²) in [6.07, 6.45) is 1.39. The fraction of sp³-hybridized carbons (Fsp3) is 0.0714. The number of benzene rings is 4. The molecule has 0 aliphatic rings. The Hall–Kier alpha value is -4.83. The van der Waals surface area contributed by atoms with E-state index in [-0.39, 0.29) is 21.8 Å². The maximum atomic E-state index is 13.0. The van der Waals surface area contributed by atoms with Gasteiger partial charge in [0, 0.05) is 23.9 Å². The molecule has 4 aromatic carbocycles. The third kappa shape index (κ3) is 5.30. The van der Waals surface area contributed by atoms with E-state index in [9.17, 15) is 18.5 Å². The lowest BCUT2D eigenvalue weighted by molar-refractivity contribution is -0.384. The maximum absolute atomic E-state index is 13.0. The van der Waals surface area contributed by atoms with Crippen molar-refractivity contribution >= 4 is 44.6 Å². The van der Waals surface area contributed by atoms with Crippen molar-refractivity contribution in [3.8, 4) is 0 Å². The normalized spacial score (nSPS) is 11.7. The third-order valence-corrected chi connectivity index (χ3v) is 7.34. The molecule has 0 saturated heterocycles. The second kappa shape index (κ2) is 10.3. The van der Waals surface area contributed by atoms with Crippen molar-refractivity contribution < 1.29 is 13.3 Å². The van der Waals surface area contributed by atoms with Crippen molar-refractivity contribution in [1.82, 2.24) is 9.55 Å². The summed E-state index contributed by atoms with van der Waals surface area (Å²) in [4.78, 5) is 20.2. The average molecular weight is 526 g/mol. The minimum absolute atomic E-state index is 0.0778. The van der Waals surface area contributed by atoms with E-state index in [0.29, 0.717) is 12.5 Å². The van der Waals surface area contributed by atoms with Crippen LogP contribution in [-0.2, 0) is 16.6 Å². The molecule has 1 N–H and O–H groups in total. The van der Waals surface area contributed by atoms with Gasteiger partial charge in [-0.2, -0.15) is 0 Å². The van der Waals surface area contributed by atoms with Gasteiger partial charge in [0.15, 0.2) is 0 Å². The number of hydrogen-bond donors (Lipinski definition) is 1. The van der Waals surface area contributed by atoms with Crippen LogP contribution in [0, 0.1) is 17.0 Å². The Labute approximate surface area is 219 Å². The Kier molecular flexibility index (Phi) is 6.71. The van der Waals surface area contributed by atoms with Gasteiger partial charge in [-0.25, -0.2) is 18.4 Å². The first kappa shape index (κ1) is 24.8. The Bertz CT molecular complexity index is 1760. The predicted molar refractivity (Wildman–Crippen MR) is 148 cm³/mol. The van der Waals surface area contributed by atoms with E-state index in [1.807, 2.05) is 66.1 Å². The second-order valence-electron chi connectivity index (χ2n) is 8.68. The number of fused-ring (bicyclic) bond motifs is 1. The minimum atomic E-state index is -3.94. The van der Waals surface area contributed by atoms with Crippen molar-refractivity contribution in [2.45, 2.75) is 18.4 Å². The van der Waals surface area contributed by atoms with Crippen LogP contribution < -0.4 is 4.72 Å². The molecule has 0 radical (unpaired) electrons. The highest BCUT2D eigenvalue weighted by molar-refractivity contribution is 7.92. The fourth-order valence-corrected chi connectivity index (χ4v) is 5.08. The molecule has 190 valence electrons. The summed E-state index contributed by atoms with van der Waals surface area (Å²) in [5.74, 6) is 0.383. The average Bonchev–Trinajstić information content (AvgIpc) is 3.25. The number of aliphatic imine (C=N–C) groups is 1. The number of hydrogen-bond acceptors (Lipinski definition) is 6. The van der Waals surface area contributed by atoms with Crippen LogP contribution >= 0.6 is 0 Å². The summed E-state index contributed by atoms with van der Waals surface area (Å²) in [7, 11) is -3.94. The molecule has 9 nitrogen and oxygen atoms in total. The Morgan fingerprint density at radius 1 is 0.974 bits per heavy atom. The zero-order valence-electron chi connectivity index (χ0n) is 20.4. The number of aromatic nitrogens is 2. The fourth-order valence-electron chi connectivity index (χ4n) is 4.00. The molecule has 38 heavy (non-hydrogen) atoms. The number of rotatable bonds is 8. The van der Waals surface area contributed by atoms with Crippen molar-refractivity contribution in [3.63, 3.8) is 0 Å². The second-order valence-corrected chi connectivity index (χ2v) is 10.4. The number of imidazole rings is 1. The monoisotopic (exact) mass is 525 g/mol. The number of nitrogens with zero attached hydrogens (tertiary/aromatic N) is 4. The van der Waals surface area contributed by atoms with Crippen molar-refractivity contribution in [3.05, 3.63) is 124 Å². The SMILES string of the molecule is Cc1ccc(S(=O)(=O)Nc2ccc([N+](=O)[O-])cc2/C=N/c2nc3ccccc3n2Cc2ccccc2)cc1. The number of aryl methyl sites for hydroxylation is 1. The topological polar surface area (TPSA) is 119 Å². The Morgan fingerprint density at radius 2 is 1.68 bits per heavy atom. The largest absolute Gasteiger partial charge is 0.304 e. The molecular weight excluding hydrogens is 502 g/mol. The predicted octanol–water partition coefficient (Wildman–Crippen LogP) is 5.85. The van der Waals surface area contributed by atoms with Gasteiger partial charge >= 0.3 is 0 Å². The third-order valence-electron chi connectivity index (χ3n) is 5.96. The lowest BCUT2D eigenvalue weighted by Gasteiger charge is -2.11. The number of nitro groups is 1. The van der Waals surface area contributed by atoms with Crippen LogP contribution in [0.15, 0.2) is 107 Å². The smallest absolute Gasteiger partial charge is 0.270 e. The van der Waals surface area contributed by atoms with Gasteiger partial charge in [0.25, 0.3) is 15.7 Å². The minimum Gasteiger partial charge on any atom is -0.304 e. The number of nitro benzene ring substituents is 1. The van der Waals surface area contributed by atoms with Gasteiger partial charge in [0.1, 0.15) is 0 Å². The number of nitrogens with one attached hydrogen (secondary N) is 1. The molecule has 1 aromatic heterocycles. The van der Waals surface area contributed by atoms with Crippen LogP contribution in [0.25, 0.3) is 11.0 Å². The summed E-state index contributed by atoms with van der Waals surface area (Å²) in [6, 6.07) is 27.7. The van der Waals surface area contributed by atoms with E-state index in [1.54, 1.807) is 12.1 Å². The van der Waals surface area contributed by atoms with Crippen LogP contribution in [0.5, 0.6) is 0 Å². The molecule has 0 bridgehead atoms. The van der Waals surface area contributed by atoms with Crippen molar-refractivity contribution in [1.29, 1.82) is 0 Å². The van der Waals surface area contributed by atoms with Crippen LogP contribution in [0.2, 0.25) is 0 Å². The molecule has 0 spiro atoms. The lowest BCUT2D eigenvalue weighted by atomic mass is 10.2. The first-order chi connectivity index (χ1) is 18.3. The zero-order valence-corrected chi connectivity index (χ0v) is 21.2. The van der Waals surface area contributed by atoms with Crippen molar-refractivity contribution in [2.75, 3.05) is 4.72 Å². The molecule has 1 heterocycles. The Balaban J connectivity index is 1.55. The quantitative estimate of drug-likeness (QED) is 0.155. The molecular formula is C28H23N5O4S. The molecule has 5 aromatic rings. The van der Waals surface area contributed by atoms with Gasteiger partial charge in [0.2, 0.25) is 5.95 Å². The van der Waals surface area contributed by atoms with Crippen molar-refractivity contribution in [2.24, 2.45) is 4.99 Å². The first-order valence-corrected chi connectivity index (χ1v) is 13.2. The Morgan fingerprint density at radius 3 is 2.42 bits per heavy atom. The molecule has 5 rings (SSSR count). The number of sulfonamides is 1. The van der Waals surface area contributed by atoms with Gasteiger partial charge in [-0.1, -0.05) is 60.2 Å². The summed E-state index contributed by atoms with van der Waals surface area (Å²) < 4.78 is 30.5. The molecule has 0 amide bonds. The maximum Gasteiger partial charge on any atom is 0.270 e. The molecule has 0 aliphatic carbocycles. The summed E-state index contributed by atoms with van der Waals surface area (Å²) in [5.41, 5.74) is 3.79. The van der Waals surface area contributed by atoms with Gasteiger partial charge in [-0.15, -0.1) is 0 Å². The molecule has 0 unspecified atom stereocenters. The van der Waals surface area contributed by atoms with Crippen LogP contribution in [0.4, 0.5) is 17.3 Å². The van der Waals surface area contributed by atoms with Gasteiger partial charge in [-0.3, -0.25) is 14.8 Å². The van der Waals surface area contributed by atoms with E-state index in [0.717, 1.165) is 22.2 Å². The first-order valence-electron chi connectivity index (χ1n) is 11.7. The number of non-ortho nitro benzene ring substituents is 1. The standard InChI is InChI=1S/C28H23N5O4S/c1-20-11-14-24(15-12-20)38(36,37)31-25-16-13-23(33(34)35)17-22(25)18-29-28-30-26-9-5-6-10-27(26)32(28)19-21-7-3-2-4-8-21/h2-18,31H,19H2,1H3/b29-18+. The zero-order chi connectivity index (χ0) is 26.7. The number of anilines is 1. The van der Waals surface area contributed by atoms with E-state index >= 15 is 0 Å². The molecule has 0 aliphatic heterocycles. The molecule has 10 heteroatoms. The van der Waals surface area contributed by atoms with Crippen LogP contribution in [0.1, 0.15) is 16.7 Å². The van der Waals surface area contributed by atoms with Gasteiger partial charge in [0.05, 0.1) is 33.1 Å². The molecule has 0 saturated carbocycles. The summed E-state index contributed by atoms with van der Waals surface area (Å²) >= 11 is 0. The van der Waals surface area contributed by atoms with E-state index in [2.05, 4.69) is 14.7 Å². The highest BCUT2D eigenvalue weighted by atomic mass is 32.2. The van der Waals surface area contributed by atoms with Crippen LogP contribution in [0.3, 0.4) is 0 Å². The van der Waals surface area contributed by atoms with E-state index in [4.69, 9.17) is 0 Å². The molecule has 0 fully saturated rings. The van der Waals surface area contributed by atoms with E-state index in [1.165, 1.54) is 36.5 Å². The number of para-hydroxylation sites is 2. The highest BCUT2D eigenvalue weighted by Gasteiger charge is 2.18. The molecule has 0 atom stereocenters. The van der Waals surface area contributed by atoms with E-state index < -0.39 is 14.9 Å². The summed E-state index contributed by atoms with van der Waals surface area (Å²) in [5, 5.41) is 11.5. The highest BCUT2D eigenvalue weighted by Crippen LogP contribution is 2.27. The van der Waals surface area contributed by atoms with Gasteiger partial charge in [-0.05, 0) is 42.8 Å². The summed E-state index contributed by atoms with van der Waals surface area (Å²) in [6.45, 7) is 2.37. The van der Waals surface area contributed by atoms with Gasteiger partial charge < -0.3 is 4.57 Å².